The molecule has 1 aromatic carbocycles. The van der Waals surface area contributed by atoms with Gasteiger partial charge in [0, 0.05) is 22.5 Å². The number of nitro benzene ring substituents is 1. The normalized spacial score (nSPS) is 10.4. The lowest BCUT2D eigenvalue weighted by Crippen LogP contribution is -2.18. The zero-order valence-electron chi connectivity index (χ0n) is 15.3. The highest BCUT2D eigenvalue weighted by atomic mass is 35.5. The van der Waals surface area contributed by atoms with Crippen LogP contribution in [0, 0.1) is 24.0 Å². The summed E-state index contributed by atoms with van der Waals surface area (Å²) in [4.78, 5) is 50.1. The molecule has 10 heteroatoms. The zero-order valence-corrected chi connectivity index (χ0v) is 16.1. The number of benzene rings is 1. The number of nitrogens with one attached hydrogen (secondary N) is 1. The van der Waals surface area contributed by atoms with Crippen molar-refractivity contribution in [2.24, 2.45) is 0 Å². The van der Waals surface area contributed by atoms with Crippen LogP contribution in [0.2, 0.25) is 5.02 Å². The molecule has 0 aliphatic rings. The van der Waals surface area contributed by atoms with Crippen LogP contribution < -0.4 is 0 Å². The molecule has 1 heterocycles. The first kappa shape index (κ1) is 21.1. The summed E-state index contributed by atoms with van der Waals surface area (Å²) in [7, 11) is 0. The molecule has 0 bridgehead atoms. The molecule has 0 spiro atoms. The first-order chi connectivity index (χ1) is 13.2. The average Bonchev–Trinajstić information content (AvgIpc) is 2.93. The van der Waals surface area contributed by atoms with Crippen molar-refractivity contribution >= 4 is 35.0 Å². The number of nitrogens with zero attached hydrogens (tertiary/aromatic N) is 1. The monoisotopic (exact) mass is 408 g/mol. The number of aryl methyl sites for hydroxylation is 2. The summed E-state index contributed by atoms with van der Waals surface area (Å²) >= 11 is 5.78. The Labute approximate surface area is 164 Å². The van der Waals surface area contributed by atoms with Crippen LogP contribution in [-0.4, -0.2) is 40.8 Å². The molecular weight excluding hydrogens is 392 g/mol. The molecule has 2 rings (SSSR count). The zero-order chi connectivity index (χ0) is 21.0. The van der Waals surface area contributed by atoms with Crippen LogP contribution in [0.3, 0.4) is 0 Å². The van der Waals surface area contributed by atoms with Gasteiger partial charge in [0.1, 0.15) is 5.56 Å². The number of Topliss-reactive ketones (excluding diaryl/α,β-unsaturated/α-hetero) is 1. The Balaban J connectivity index is 2.24. The maximum atomic E-state index is 12.6. The van der Waals surface area contributed by atoms with Crippen LogP contribution in [0.5, 0.6) is 0 Å². The highest BCUT2D eigenvalue weighted by molar-refractivity contribution is 6.31. The quantitative estimate of drug-likeness (QED) is 0.321. The first-order valence-electron chi connectivity index (χ1n) is 8.17. The van der Waals surface area contributed by atoms with Crippen molar-refractivity contribution in [1.82, 2.24) is 4.98 Å². The van der Waals surface area contributed by atoms with Gasteiger partial charge in [-0.3, -0.25) is 14.9 Å². The minimum atomic E-state index is -1.08. The van der Waals surface area contributed by atoms with E-state index >= 15 is 0 Å². The van der Waals surface area contributed by atoms with Crippen molar-refractivity contribution in [3.8, 4) is 0 Å². The van der Waals surface area contributed by atoms with Crippen LogP contribution in [0.1, 0.15) is 49.4 Å². The second kappa shape index (κ2) is 8.66. The number of carbonyl (C=O) groups is 3. The Bertz CT molecular complexity index is 965. The van der Waals surface area contributed by atoms with Gasteiger partial charge in [0.25, 0.3) is 5.69 Å². The molecule has 0 atom stereocenters. The fourth-order valence-corrected chi connectivity index (χ4v) is 2.87. The molecule has 2 aromatic rings. The van der Waals surface area contributed by atoms with Crippen LogP contribution >= 0.6 is 11.6 Å². The van der Waals surface area contributed by atoms with Gasteiger partial charge < -0.3 is 14.5 Å². The SMILES string of the molecule is CCOC(=O)c1c(C)[nH]c(C)c1C(=O)COC(=O)c1cc(Cl)ccc1[N+](=O)[O-]. The third kappa shape index (κ3) is 4.37. The van der Waals surface area contributed by atoms with E-state index in [1.54, 1.807) is 20.8 Å². The molecule has 0 aliphatic heterocycles. The molecule has 0 saturated heterocycles. The molecule has 0 fully saturated rings. The van der Waals surface area contributed by atoms with Crippen molar-refractivity contribution in [1.29, 1.82) is 0 Å². The lowest BCUT2D eigenvalue weighted by molar-refractivity contribution is -0.385. The molecule has 1 aromatic heterocycles. The van der Waals surface area contributed by atoms with E-state index in [4.69, 9.17) is 21.1 Å². The highest BCUT2D eigenvalue weighted by Crippen LogP contribution is 2.24. The van der Waals surface area contributed by atoms with E-state index in [2.05, 4.69) is 4.98 Å². The van der Waals surface area contributed by atoms with Crippen molar-refractivity contribution in [3.63, 3.8) is 0 Å². The molecule has 0 unspecified atom stereocenters. The second-order valence-electron chi connectivity index (χ2n) is 5.76. The van der Waals surface area contributed by atoms with Gasteiger partial charge in [-0.25, -0.2) is 9.59 Å². The van der Waals surface area contributed by atoms with Crippen LogP contribution in [-0.2, 0) is 9.47 Å². The Hall–Kier alpha value is -3.20. The van der Waals surface area contributed by atoms with E-state index in [0.717, 1.165) is 12.1 Å². The van der Waals surface area contributed by atoms with Gasteiger partial charge in [-0.05, 0) is 32.9 Å². The van der Waals surface area contributed by atoms with Gasteiger partial charge in [0.15, 0.2) is 6.61 Å². The Morgan fingerprint density at radius 2 is 1.75 bits per heavy atom. The number of aromatic nitrogens is 1. The fourth-order valence-electron chi connectivity index (χ4n) is 2.70. The maximum Gasteiger partial charge on any atom is 0.345 e. The largest absolute Gasteiger partial charge is 0.462 e. The van der Waals surface area contributed by atoms with Crippen molar-refractivity contribution in [2.45, 2.75) is 20.8 Å². The number of ketones is 1. The molecule has 148 valence electrons. The van der Waals surface area contributed by atoms with Crippen molar-refractivity contribution < 1.29 is 28.8 Å². The van der Waals surface area contributed by atoms with Gasteiger partial charge in [-0.15, -0.1) is 0 Å². The predicted octanol–water partition coefficient (Wildman–Crippen LogP) is 3.41. The fraction of sp³-hybridized carbons (Fsp3) is 0.278. The van der Waals surface area contributed by atoms with E-state index < -0.39 is 34.9 Å². The number of hydrogen-bond acceptors (Lipinski definition) is 7. The lowest BCUT2D eigenvalue weighted by Gasteiger charge is -2.07. The number of ether oxygens (including phenoxy) is 2. The smallest absolute Gasteiger partial charge is 0.345 e. The molecule has 1 N–H and O–H groups in total. The molecule has 9 nitrogen and oxygen atoms in total. The van der Waals surface area contributed by atoms with E-state index in [9.17, 15) is 24.5 Å². The third-order valence-corrected chi connectivity index (χ3v) is 4.08. The van der Waals surface area contributed by atoms with Gasteiger partial charge in [0.2, 0.25) is 5.78 Å². The third-order valence-electron chi connectivity index (χ3n) is 3.84. The summed E-state index contributed by atoms with van der Waals surface area (Å²) in [5.41, 5.74) is 0.0885. The molecule has 0 aliphatic carbocycles. The average molecular weight is 409 g/mol. The maximum absolute atomic E-state index is 12.6. The summed E-state index contributed by atoms with van der Waals surface area (Å²) in [5.74, 6) is -2.41. The molecule has 0 amide bonds. The number of halogens is 1. The van der Waals surface area contributed by atoms with Gasteiger partial charge >= 0.3 is 11.9 Å². The number of esters is 2. The number of nitro groups is 1. The number of H-pyrrole nitrogens is 1. The van der Waals surface area contributed by atoms with Gasteiger partial charge in [0.05, 0.1) is 22.7 Å². The number of aromatic amines is 1. The Morgan fingerprint density at radius 1 is 1.11 bits per heavy atom. The Kier molecular flexibility index (Phi) is 6.53. The van der Waals surface area contributed by atoms with Crippen LogP contribution in [0.4, 0.5) is 5.69 Å². The van der Waals surface area contributed by atoms with Gasteiger partial charge in [-0.1, -0.05) is 11.6 Å². The van der Waals surface area contributed by atoms with Crippen molar-refractivity contribution in [2.75, 3.05) is 13.2 Å². The number of carbonyl (C=O) groups excluding carboxylic acids is 3. The van der Waals surface area contributed by atoms with Crippen molar-refractivity contribution in [3.05, 3.63) is 61.4 Å². The van der Waals surface area contributed by atoms with E-state index in [1.807, 2.05) is 0 Å². The second-order valence-corrected chi connectivity index (χ2v) is 6.20. The standard InChI is InChI=1S/C18H17ClN2O7/c1-4-27-18(24)16-10(3)20-9(2)15(16)14(22)8-28-17(23)12-7-11(19)5-6-13(12)21(25)26/h5-7,20H,4,8H2,1-3H3. The minimum Gasteiger partial charge on any atom is -0.462 e. The van der Waals surface area contributed by atoms with Crippen LogP contribution in [0.25, 0.3) is 0 Å². The number of rotatable bonds is 7. The van der Waals surface area contributed by atoms with E-state index in [0.29, 0.717) is 11.4 Å². The van der Waals surface area contributed by atoms with Crippen LogP contribution in [0.15, 0.2) is 18.2 Å². The molecule has 28 heavy (non-hydrogen) atoms. The summed E-state index contributed by atoms with van der Waals surface area (Å²) < 4.78 is 9.89. The highest BCUT2D eigenvalue weighted by Gasteiger charge is 2.27. The van der Waals surface area contributed by atoms with Gasteiger partial charge in [-0.2, -0.15) is 0 Å². The molecule has 0 radical (unpaired) electrons. The Morgan fingerprint density at radius 3 is 2.36 bits per heavy atom. The number of hydrogen-bond donors (Lipinski definition) is 1. The summed E-state index contributed by atoms with van der Waals surface area (Å²) in [6, 6.07) is 3.42. The summed E-state index contributed by atoms with van der Waals surface area (Å²) in [5, 5.41) is 11.2. The molecule has 0 saturated carbocycles. The minimum absolute atomic E-state index is 0.0457. The van der Waals surface area contributed by atoms with E-state index in [1.165, 1.54) is 6.07 Å². The topological polar surface area (TPSA) is 129 Å². The first-order valence-corrected chi connectivity index (χ1v) is 8.55. The summed E-state index contributed by atoms with van der Waals surface area (Å²) in [6.45, 7) is 4.24. The lowest BCUT2D eigenvalue weighted by atomic mass is 10.1. The predicted molar refractivity (Wildman–Crippen MR) is 98.9 cm³/mol. The molecular formula is C18H17ClN2O7. The summed E-state index contributed by atoms with van der Waals surface area (Å²) in [6.07, 6.45) is 0. The van der Waals surface area contributed by atoms with E-state index in [-0.39, 0.29) is 28.3 Å².